The Morgan fingerprint density at radius 2 is 1.94 bits per heavy atom. The van der Waals surface area contributed by atoms with Gasteiger partial charge in [-0.1, -0.05) is 0 Å². The van der Waals surface area contributed by atoms with Crippen molar-refractivity contribution in [1.82, 2.24) is 0 Å². The van der Waals surface area contributed by atoms with Gasteiger partial charge >= 0.3 is 49.3 Å². The van der Waals surface area contributed by atoms with Crippen LogP contribution in [0.1, 0.15) is 13.2 Å². The maximum atomic E-state index is 10.9. The molecule has 0 aliphatic carbocycles. The van der Waals surface area contributed by atoms with Gasteiger partial charge < -0.3 is 22.6 Å². The fourth-order valence-electron chi connectivity index (χ4n) is 1.38. The topological polar surface area (TPSA) is 108 Å². The first kappa shape index (κ1) is 13.8. The van der Waals surface area contributed by atoms with Gasteiger partial charge in [0.25, 0.3) is 0 Å². The molecule has 0 radical (unpaired) electrons. The van der Waals surface area contributed by atoms with Gasteiger partial charge in [-0.2, -0.15) is 0 Å². The van der Waals surface area contributed by atoms with Crippen molar-refractivity contribution < 1.29 is 27.4 Å². The SMILES string of the molecule is O=C(O)c1cc(O)c(O)c2oc(=O)ccc12.[Ca+2].[H-].[H-]. The van der Waals surface area contributed by atoms with Gasteiger partial charge in [-0.25, -0.2) is 9.59 Å². The number of phenols is 2. The molecule has 1 heterocycles. The minimum atomic E-state index is -1.30. The Morgan fingerprint density at radius 3 is 2.53 bits per heavy atom. The normalized spacial score (nSPS) is 9.88. The molecule has 0 amide bonds. The average molecular weight is 264 g/mol. The molecule has 86 valence electrons. The summed E-state index contributed by atoms with van der Waals surface area (Å²) in [7, 11) is 0. The number of rotatable bonds is 1. The van der Waals surface area contributed by atoms with E-state index in [0.717, 1.165) is 12.1 Å². The second-order valence-electron chi connectivity index (χ2n) is 3.09. The van der Waals surface area contributed by atoms with E-state index in [9.17, 15) is 19.8 Å². The van der Waals surface area contributed by atoms with E-state index in [2.05, 4.69) is 4.42 Å². The van der Waals surface area contributed by atoms with Crippen LogP contribution in [0, 0.1) is 0 Å². The van der Waals surface area contributed by atoms with Crippen molar-refractivity contribution >= 4 is 54.7 Å². The Balaban J connectivity index is 0. The van der Waals surface area contributed by atoms with E-state index in [4.69, 9.17) is 5.11 Å². The Labute approximate surface area is 127 Å². The molecule has 1 aromatic heterocycles. The molecule has 0 saturated heterocycles. The molecule has 0 bridgehead atoms. The van der Waals surface area contributed by atoms with Gasteiger partial charge in [-0.05, 0) is 12.1 Å². The van der Waals surface area contributed by atoms with Gasteiger partial charge in [0.2, 0.25) is 5.75 Å². The van der Waals surface area contributed by atoms with Gasteiger partial charge in [0.1, 0.15) is 0 Å². The van der Waals surface area contributed by atoms with Gasteiger partial charge in [0.05, 0.1) is 5.56 Å². The van der Waals surface area contributed by atoms with Crippen LogP contribution in [0.5, 0.6) is 11.5 Å². The average Bonchev–Trinajstić information content (AvgIpc) is 2.23. The van der Waals surface area contributed by atoms with E-state index >= 15 is 0 Å². The number of aromatic hydroxyl groups is 2. The molecule has 2 aromatic rings. The van der Waals surface area contributed by atoms with Crippen molar-refractivity contribution in [3.05, 3.63) is 34.2 Å². The predicted molar refractivity (Wildman–Crippen MR) is 60.8 cm³/mol. The fourth-order valence-corrected chi connectivity index (χ4v) is 1.38. The molecule has 0 aliphatic rings. The third-order valence-corrected chi connectivity index (χ3v) is 2.09. The molecule has 0 fully saturated rings. The predicted octanol–water partition coefficient (Wildman–Crippen LogP) is 0.747. The molecule has 17 heavy (non-hydrogen) atoms. The number of carboxylic acids is 1. The van der Waals surface area contributed by atoms with Crippen molar-refractivity contribution in [1.29, 1.82) is 0 Å². The zero-order valence-electron chi connectivity index (χ0n) is 10.5. The first-order valence-electron chi connectivity index (χ1n) is 4.23. The van der Waals surface area contributed by atoms with Gasteiger partial charge in [0.15, 0.2) is 11.3 Å². The van der Waals surface area contributed by atoms with Crippen molar-refractivity contribution in [2.75, 3.05) is 0 Å². The summed E-state index contributed by atoms with van der Waals surface area (Å²) >= 11 is 0. The molecule has 0 spiro atoms. The van der Waals surface area contributed by atoms with Crippen molar-refractivity contribution in [3.8, 4) is 11.5 Å². The summed E-state index contributed by atoms with van der Waals surface area (Å²) in [5.74, 6) is -2.61. The van der Waals surface area contributed by atoms with Crippen LogP contribution < -0.4 is 5.63 Å². The smallest absolute Gasteiger partial charge is 1.00 e. The summed E-state index contributed by atoms with van der Waals surface area (Å²) in [6, 6.07) is 3.13. The van der Waals surface area contributed by atoms with Gasteiger partial charge in [-0.3, -0.25) is 0 Å². The summed E-state index contributed by atoms with van der Waals surface area (Å²) in [5, 5.41) is 27.6. The van der Waals surface area contributed by atoms with Crippen molar-refractivity contribution in [2.45, 2.75) is 0 Å². The summed E-state index contributed by atoms with van der Waals surface area (Å²) in [6.45, 7) is 0. The fraction of sp³-hybridized carbons (Fsp3) is 0. The van der Waals surface area contributed by atoms with Crippen LogP contribution in [-0.4, -0.2) is 59.0 Å². The summed E-state index contributed by atoms with van der Waals surface area (Å²) in [5.41, 5.74) is -1.34. The van der Waals surface area contributed by atoms with Crippen LogP contribution in [0.3, 0.4) is 0 Å². The molecule has 2 rings (SSSR count). The van der Waals surface area contributed by atoms with Gasteiger partial charge in [0, 0.05) is 11.5 Å². The van der Waals surface area contributed by atoms with E-state index < -0.39 is 23.1 Å². The Hall–Kier alpha value is -1.24. The molecular formula is C10H8CaO6. The largest absolute Gasteiger partial charge is 2.00 e. The number of carbonyl (C=O) groups is 1. The molecule has 0 unspecified atom stereocenters. The third kappa shape index (κ3) is 2.38. The third-order valence-electron chi connectivity index (χ3n) is 2.09. The Morgan fingerprint density at radius 1 is 1.29 bits per heavy atom. The minimum absolute atomic E-state index is 0. The second kappa shape index (κ2) is 4.95. The molecule has 6 nitrogen and oxygen atoms in total. The summed E-state index contributed by atoms with van der Waals surface area (Å²) in [4.78, 5) is 21.8. The van der Waals surface area contributed by atoms with E-state index in [1.54, 1.807) is 0 Å². The molecule has 0 aliphatic heterocycles. The number of phenolic OH excluding ortho intramolecular Hbond substituents is 2. The van der Waals surface area contributed by atoms with Crippen LogP contribution >= 0.6 is 0 Å². The molecular weight excluding hydrogens is 256 g/mol. The standard InChI is InChI=1S/C10H6O6.Ca.2H/c11-6-3-5(10(14)15)4-1-2-7(12)16-9(4)8(6)13;;;/h1-3,11,13H,(H,14,15);;;/q;+2;2*-1. The summed E-state index contributed by atoms with van der Waals surface area (Å²) in [6.07, 6.45) is 0. The number of aromatic carboxylic acids is 1. The van der Waals surface area contributed by atoms with Crippen LogP contribution in [0.4, 0.5) is 0 Å². The zero-order valence-corrected chi connectivity index (χ0v) is 10.7. The van der Waals surface area contributed by atoms with Crippen molar-refractivity contribution in [2.24, 2.45) is 0 Å². The number of benzene rings is 1. The molecule has 1 aromatic carbocycles. The Kier molecular flexibility index (Phi) is 4.03. The molecule has 7 heteroatoms. The second-order valence-corrected chi connectivity index (χ2v) is 3.09. The van der Waals surface area contributed by atoms with Crippen LogP contribution in [-0.2, 0) is 0 Å². The van der Waals surface area contributed by atoms with E-state index in [-0.39, 0.29) is 57.1 Å². The van der Waals surface area contributed by atoms with Gasteiger partial charge in [-0.15, -0.1) is 0 Å². The maximum absolute atomic E-state index is 10.9. The van der Waals surface area contributed by atoms with Crippen molar-refractivity contribution in [3.63, 3.8) is 0 Å². The zero-order chi connectivity index (χ0) is 11.9. The number of hydrogen-bond acceptors (Lipinski definition) is 5. The first-order chi connectivity index (χ1) is 7.50. The van der Waals surface area contributed by atoms with E-state index in [0.29, 0.717) is 0 Å². The van der Waals surface area contributed by atoms with E-state index in [1.807, 2.05) is 0 Å². The van der Waals surface area contributed by atoms with Crippen LogP contribution in [0.15, 0.2) is 27.4 Å². The first-order valence-corrected chi connectivity index (χ1v) is 4.23. The Bertz CT molecular complexity index is 654. The number of carboxylic acid groups (broad SMARTS) is 1. The van der Waals surface area contributed by atoms with E-state index in [1.165, 1.54) is 6.07 Å². The number of fused-ring (bicyclic) bond motifs is 1. The minimum Gasteiger partial charge on any atom is -1.00 e. The maximum Gasteiger partial charge on any atom is 2.00 e. The van der Waals surface area contributed by atoms with Crippen LogP contribution in [0.25, 0.3) is 11.0 Å². The molecule has 3 N–H and O–H groups in total. The number of hydrogen-bond donors (Lipinski definition) is 3. The monoisotopic (exact) mass is 264 g/mol. The van der Waals surface area contributed by atoms with Crippen LogP contribution in [0.2, 0.25) is 0 Å². The quantitative estimate of drug-likeness (QED) is 0.398. The molecule has 0 atom stereocenters. The molecule has 0 saturated carbocycles. The summed E-state index contributed by atoms with van der Waals surface area (Å²) < 4.78 is 4.64.